The topological polar surface area (TPSA) is 62.9 Å². The van der Waals surface area contributed by atoms with Gasteiger partial charge in [0.2, 0.25) is 0 Å². The van der Waals surface area contributed by atoms with Gasteiger partial charge in [-0.05, 0) is 52.9 Å². The third kappa shape index (κ3) is 6.55. The molecule has 5 heteroatoms. The molecule has 180 valence electrons. The molecule has 0 bridgehead atoms. The molecule has 0 radical (unpaired) electrons. The van der Waals surface area contributed by atoms with Gasteiger partial charge < -0.3 is 24.7 Å². The number of nitrogens with two attached hydrogens (primary N) is 1. The maximum Gasteiger partial charge on any atom is 0.161 e. The number of ether oxygens (including phenoxy) is 4. The van der Waals surface area contributed by atoms with E-state index >= 15 is 0 Å². The van der Waals surface area contributed by atoms with Crippen molar-refractivity contribution in [3.05, 3.63) is 119 Å². The quantitative estimate of drug-likeness (QED) is 0.287. The summed E-state index contributed by atoms with van der Waals surface area (Å²) in [5.41, 5.74) is 10.2. The second-order valence-electron chi connectivity index (χ2n) is 8.06. The maximum atomic E-state index is 8.89. The van der Waals surface area contributed by atoms with Crippen LogP contribution in [0.1, 0.15) is 29.7 Å². The highest BCUT2D eigenvalue weighted by atomic mass is 16.5. The van der Waals surface area contributed by atoms with Gasteiger partial charge >= 0.3 is 0 Å². The first-order chi connectivity index (χ1) is 17.6. The maximum absolute atomic E-state index is 8.89. The van der Waals surface area contributed by atoms with E-state index in [2.05, 4.69) is 0 Å². The summed E-state index contributed by atoms with van der Waals surface area (Å²) in [6.07, 6.45) is -0.731. The molecule has 2 atom stereocenters. The zero-order valence-electron chi connectivity index (χ0n) is 21.0. The van der Waals surface area contributed by atoms with Crippen molar-refractivity contribution in [2.75, 3.05) is 14.2 Å². The SMILES string of the molecule is [2H][C@@H](c1ccc(OC)c(OCc2ccccc2)c1)C(N)c1ccc(OC)c(OCc2ccccc2)c1. The number of rotatable bonds is 11. The molecule has 1 unspecified atom stereocenters. The van der Waals surface area contributed by atoms with Crippen LogP contribution in [0.5, 0.6) is 23.0 Å². The lowest BCUT2D eigenvalue weighted by Gasteiger charge is -2.17. The molecule has 0 heterocycles. The van der Waals surface area contributed by atoms with Crippen molar-refractivity contribution in [3.63, 3.8) is 0 Å². The zero-order valence-corrected chi connectivity index (χ0v) is 20.0. The predicted octanol–water partition coefficient (Wildman–Crippen LogP) is 6.10. The molecular weight excluding hydrogens is 438 g/mol. The molecular formula is C30H31NO4. The van der Waals surface area contributed by atoms with Crippen molar-refractivity contribution in [1.29, 1.82) is 0 Å². The standard InChI is InChI=1S/C30H31NO4/c1-32-27-15-13-24(18-29(27)34-20-22-9-5-3-6-10-22)17-26(31)25-14-16-28(33-2)30(19-25)35-21-23-11-7-4-8-12-23/h3-16,18-19,26H,17,20-21,31H2,1-2H3/i17D/t17-,26?/m0/s1. The van der Waals surface area contributed by atoms with Crippen molar-refractivity contribution < 1.29 is 20.3 Å². The molecule has 0 aliphatic rings. The van der Waals surface area contributed by atoms with Crippen LogP contribution in [0.4, 0.5) is 0 Å². The fraction of sp³-hybridized carbons (Fsp3) is 0.200. The molecule has 0 fully saturated rings. The molecule has 4 aromatic carbocycles. The summed E-state index contributed by atoms with van der Waals surface area (Å²) >= 11 is 0. The van der Waals surface area contributed by atoms with E-state index in [1.165, 1.54) is 0 Å². The molecule has 2 N–H and O–H groups in total. The van der Waals surface area contributed by atoms with E-state index in [1.54, 1.807) is 14.2 Å². The van der Waals surface area contributed by atoms with E-state index in [-0.39, 0.29) is 0 Å². The van der Waals surface area contributed by atoms with E-state index in [0.29, 0.717) is 36.2 Å². The van der Waals surface area contributed by atoms with Crippen LogP contribution in [-0.2, 0) is 19.6 Å². The third-order valence-corrected chi connectivity index (χ3v) is 5.61. The number of hydrogen-bond donors (Lipinski definition) is 1. The fourth-order valence-electron chi connectivity index (χ4n) is 3.70. The van der Waals surface area contributed by atoms with Crippen molar-refractivity contribution in [2.24, 2.45) is 5.73 Å². The zero-order chi connectivity index (χ0) is 25.3. The highest BCUT2D eigenvalue weighted by molar-refractivity contribution is 5.46. The largest absolute Gasteiger partial charge is 0.493 e. The van der Waals surface area contributed by atoms with Crippen LogP contribution >= 0.6 is 0 Å². The van der Waals surface area contributed by atoms with Crippen LogP contribution in [0.3, 0.4) is 0 Å². The minimum Gasteiger partial charge on any atom is -0.493 e. The Morgan fingerprint density at radius 1 is 0.629 bits per heavy atom. The smallest absolute Gasteiger partial charge is 0.161 e. The molecule has 4 aromatic rings. The van der Waals surface area contributed by atoms with Gasteiger partial charge in [-0.25, -0.2) is 0 Å². The van der Waals surface area contributed by atoms with Crippen LogP contribution < -0.4 is 24.7 Å². The lowest BCUT2D eigenvalue weighted by Crippen LogP contribution is -2.14. The normalized spacial score (nSPS) is 12.8. The van der Waals surface area contributed by atoms with E-state index in [9.17, 15) is 0 Å². The van der Waals surface area contributed by atoms with Gasteiger partial charge in [0.15, 0.2) is 23.0 Å². The Balaban J connectivity index is 1.52. The van der Waals surface area contributed by atoms with Gasteiger partial charge in [-0.3, -0.25) is 0 Å². The van der Waals surface area contributed by atoms with Crippen LogP contribution in [-0.4, -0.2) is 14.2 Å². The molecule has 0 aliphatic carbocycles. The summed E-state index contributed by atoms with van der Waals surface area (Å²) in [5.74, 6) is 2.38. The van der Waals surface area contributed by atoms with Crippen LogP contribution in [0.15, 0.2) is 97.1 Å². The number of methoxy groups -OCH3 is 2. The summed E-state index contributed by atoms with van der Waals surface area (Å²) in [6, 6.07) is 30.3. The van der Waals surface area contributed by atoms with Crippen LogP contribution in [0.2, 0.25) is 0 Å². The van der Waals surface area contributed by atoms with E-state index in [0.717, 1.165) is 22.3 Å². The monoisotopic (exact) mass is 470 g/mol. The van der Waals surface area contributed by atoms with E-state index < -0.39 is 12.4 Å². The first kappa shape index (κ1) is 22.8. The molecule has 0 aliphatic heterocycles. The first-order valence-electron chi connectivity index (χ1n) is 12.0. The summed E-state index contributed by atoms with van der Waals surface area (Å²) in [5, 5.41) is 0. The molecule has 0 spiro atoms. The molecule has 4 rings (SSSR count). The van der Waals surface area contributed by atoms with Crippen molar-refractivity contribution >= 4 is 0 Å². The van der Waals surface area contributed by atoms with Gasteiger partial charge in [0.05, 0.1) is 14.2 Å². The van der Waals surface area contributed by atoms with E-state index in [1.807, 2.05) is 97.1 Å². The Kier molecular flexibility index (Phi) is 7.79. The summed E-state index contributed by atoms with van der Waals surface area (Å²) in [6.45, 7) is 0.802. The molecule has 5 nitrogen and oxygen atoms in total. The lowest BCUT2D eigenvalue weighted by atomic mass is 9.99. The van der Waals surface area contributed by atoms with Gasteiger partial charge in [0.1, 0.15) is 13.2 Å². The van der Waals surface area contributed by atoms with Gasteiger partial charge in [-0.2, -0.15) is 0 Å². The van der Waals surface area contributed by atoms with Gasteiger partial charge in [-0.15, -0.1) is 0 Å². The molecule has 0 amide bonds. The van der Waals surface area contributed by atoms with Crippen molar-refractivity contribution in [3.8, 4) is 23.0 Å². The molecule has 35 heavy (non-hydrogen) atoms. The second kappa shape index (κ2) is 12.0. The van der Waals surface area contributed by atoms with Crippen molar-refractivity contribution in [1.82, 2.24) is 0 Å². The van der Waals surface area contributed by atoms with E-state index in [4.69, 9.17) is 26.1 Å². The Labute approximate surface area is 208 Å². The summed E-state index contributed by atoms with van der Waals surface area (Å²) in [7, 11) is 3.20. The average molecular weight is 471 g/mol. The molecule has 0 saturated heterocycles. The molecule has 0 saturated carbocycles. The first-order valence-corrected chi connectivity index (χ1v) is 11.5. The lowest BCUT2D eigenvalue weighted by molar-refractivity contribution is 0.283. The van der Waals surface area contributed by atoms with Gasteiger partial charge in [0.25, 0.3) is 0 Å². The Morgan fingerprint density at radius 3 is 1.69 bits per heavy atom. The van der Waals surface area contributed by atoms with Gasteiger partial charge in [0, 0.05) is 7.41 Å². The summed E-state index contributed by atoms with van der Waals surface area (Å²) < 4.78 is 31.9. The number of benzene rings is 4. The van der Waals surface area contributed by atoms with Crippen LogP contribution in [0.25, 0.3) is 0 Å². The Bertz CT molecular complexity index is 1150. The van der Waals surface area contributed by atoms with Crippen LogP contribution in [0, 0.1) is 0 Å². The third-order valence-electron chi connectivity index (χ3n) is 5.61. The Morgan fingerprint density at radius 2 is 1.14 bits per heavy atom. The fourth-order valence-corrected chi connectivity index (χ4v) is 3.70. The second-order valence-corrected chi connectivity index (χ2v) is 8.06. The minimum absolute atomic E-state index is 0.399. The minimum atomic E-state index is -0.731. The highest BCUT2D eigenvalue weighted by Gasteiger charge is 2.14. The highest BCUT2D eigenvalue weighted by Crippen LogP contribution is 2.33. The predicted molar refractivity (Wildman–Crippen MR) is 138 cm³/mol. The molecule has 0 aromatic heterocycles. The van der Waals surface area contributed by atoms with Crippen molar-refractivity contribution in [2.45, 2.75) is 25.7 Å². The Hall–Kier alpha value is -3.96. The summed E-state index contributed by atoms with van der Waals surface area (Å²) in [4.78, 5) is 0. The van der Waals surface area contributed by atoms with Gasteiger partial charge in [-0.1, -0.05) is 72.8 Å². The average Bonchev–Trinajstić information content (AvgIpc) is 2.95. The number of hydrogen-bond acceptors (Lipinski definition) is 5.